The van der Waals surface area contributed by atoms with E-state index >= 15 is 0 Å². The molecule has 0 bridgehead atoms. The predicted molar refractivity (Wildman–Crippen MR) is 92.9 cm³/mol. The van der Waals surface area contributed by atoms with E-state index in [0.717, 1.165) is 45.2 Å². The Bertz CT molecular complexity index is 709. The minimum Gasteiger partial charge on any atom is -0.342 e. The standard InChI is InChI=1S/C19H22ClFN2O2/c20-15-4-3-13(11-16(15)21)17(24)23-9-5-19(6-10-23)12-14(19)18(25)22-7-1-2-8-22/h3-4,11,14H,1-2,5-10,12H2. The molecule has 3 fully saturated rings. The molecule has 1 saturated carbocycles. The smallest absolute Gasteiger partial charge is 0.253 e. The van der Waals surface area contributed by atoms with Gasteiger partial charge in [0.1, 0.15) is 5.82 Å². The van der Waals surface area contributed by atoms with Gasteiger partial charge in [-0.15, -0.1) is 0 Å². The van der Waals surface area contributed by atoms with Crippen LogP contribution in [-0.4, -0.2) is 47.8 Å². The van der Waals surface area contributed by atoms with Gasteiger partial charge in [0.15, 0.2) is 0 Å². The van der Waals surface area contributed by atoms with E-state index < -0.39 is 5.82 Å². The van der Waals surface area contributed by atoms with Crippen LogP contribution >= 0.6 is 11.6 Å². The van der Waals surface area contributed by atoms with E-state index in [1.54, 1.807) is 11.0 Å². The molecular formula is C19H22ClFN2O2. The van der Waals surface area contributed by atoms with Gasteiger partial charge < -0.3 is 9.80 Å². The highest BCUT2D eigenvalue weighted by Crippen LogP contribution is 2.60. The van der Waals surface area contributed by atoms with Crippen LogP contribution in [0.5, 0.6) is 0 Å². The van der Waals surface area contributed by atoms with Gasteiger partial charge in [-0.2, -0.15) is 0 Å². The lowest BCUT2D eigenvalue weighted by Gasteiger charge is -2.33. The molecule has 0 radical (unpaired) electrons. The SMILES string of the molecule is O=C(c1ccc(Cl)c(F)c1)N1CCC2(CC1)CC2C(=O)N1CCCC1. The second-order valence-electron chi connectivity index (χ2n) is 7.57. The molecule has 1 aliphatic carbocycles. The second kappa shape index (κ2) is 6.27. The number of amides is 2. The lowest BCUT2D eigenvalue weighted by Crippen LogP contribution is -2.41. The number of hydrogen-bond donors (Lipinski definition) is 0. The van der Waals surface area contributed by atoms with Crippen molar-refractivity contribution in [1.82, 2.24) is 9.80 Å². The summed E-state index contributed by atoms with van der Waals surface area (Å²) in [6.07, 6.45) is 4.91. The zero-order chi connectivity index (χ0) is 17.6. The van der Waals surface area contributed by atoms with Gasteiger partial charge in [0.25, 0.3) is 5.91 Å². The normalized spacial score (nSPS) is 24.6. The molecule has 0 N–H and O–H groups in total. The van der Waals surface area contributed by atoms with Gasteiger partial charge in [-0.1, -0.05) is 11.6 Å². The predicted octanol–water partition coefficient (Wildman–Crippen LogP) is 3.34. The molecule has 4 nitrogen and oxygen atoms in total. The first-order valence-electron chi connectivity index (χ1n) is 9.03. The highest BCUT2D eigenvalue weighted by atomic mass is 35.5. The van der Waals surface area contributed by atoms with Gasteiger partial charge >= 0.3 is 0 Å². The van der Waals surface area contributed by atoms with E-state index in [1.807, 2.05) is 4.90 Å². The molecular weight excluding hydrogens is 343 g/mol. The number of benzene rings is 1. The first-order valence-corrected chi connectivity index (χ1v) is 9.41. The van der Waals surface area contributed by atoms with Crippen LogP contribution in [0.15, 0.2) is 18.2 Å². The van der Waals surface area contributed by atoms with E-state index in [2.05, 4.69) is 0 Å². The van der Waals surface area contributed by atoms with Gasteiger partial charge in [-0.3, -0.25) is 9.59 Å². The van der Waals surface area contributed by atoms with Crippen LogP contribution in [0.4, 0.5) is 4.39 Å². The van der Waals surface area contributed by atoms with Crippen molar-refractivity contribution < 1.29 is 14.0 Å². The Kier molecular flexibility index (Phi) is 4.22. The monoisotopic (exact) mass is 364 g/mol. The first kappa shape index (κ1) is 16.8. The van der Waals surface area contributed by atoms with Gasteiger partial charge in [-0.25, -0.2) is 4.39 Å². The molecule has 1 atom stereocenters. The molecule has 1 spiro atoms. The van der Waals surface area contributed by atoms with Crippen molar-refractivity contribution >= 4 is 23.4 Å². The molecule has 1 aromatic rings. The Morgan fingerprint density at radius 3 is 2.40 bits per heavy atom. The number of piperidine rings is 1. The molecule has 134 valence electrons. The van der Waals surface area contributed by atoms with Crippen LogP contribution in [0, 0.1) is 17.2 Å². The fourth-order valence-corrected chi connectivity index (χ4v) is 4.49. The zero-order valence-corrected chi connectivity index (χ0v) is 14.9. The van der Waals surface area contributed by atoms with Crippen LogP contribution in [0.1, 0.15) is 42.5 Å². The topological polar surface area (TPSA) is 40.6 Å². The summed E-state index contributed by atoms with van der Waals surface area (Å²) in [5.41, 5.74) is 0.431. The molecule has 25 heavy (non-hydrogen) atoms. The van der Waals surface area contributed by atoms with Crippen LogP contribution in [0.25, 0.3) is 0 Å². The number of halogens is 2. The molecule has 3 aliphatic rings. The zero-order valence-electron chi connectivity index (χ0n) is 14.1. The molecule has 2 saturated heterocycles. The summed E-state index contributed by atoms with van der Waals surface area (Å²) in [5, 5.41) is 0.0235. The van der Waals surface area contributed by atoms with Crippen LogP contribution in [0.3, 0.4) is 0 Å². The lowest BCUT2D eigenvalue weighted by atomic mass is 9.90. The summed E-state index contributed by atoms with van der Waals surface area (Å²) in [7, 11) is 0. The van der Waals surface area contributed by atoms with Gasteiger partial charge in [-0.05, 0) is 55.7 Å². The average Bonchev–Trinajstić information content (AvgIpc) is 3.06. The number of rotatable bonds is 2. The Hall–Kier alpha value is -1.62. The Morgan fingerprint density at radius 1 is 1.08 bits per heavy atom. The molecule has 2 amide bonds. The summed E-state index contributed by atoms with van der Waals surface area (Å²) >= 11 is 5.68. The minimum absolute atomic E-state index is 0.0235. The molecule has 2 aliphatic heterocycles. The van der Waals surface area contributed by atoms with Gasteiger partial charge in [0.2, 0.25) is 5.91 Å². The van der Waals surface area contributed by atoms with Crippen molar-refractivity contribution in [2.24, 2.45) is 11.3 Å². The number of nitrogens with zero attached hydrogens (tertiary/aromatic N) is 2. The van der Waals surface area contributed by atoms with Crippen molar-refractivity contribution in [2.75, 3.05) is 26.2 Å². The molecule has 2 heterocycles. The van der Waals surface area contributed by atoms with Crippen LogP contribution in [-0.2, 0) is 4.79 Å². The first-order chi connectivity index (χ1) is 12.0. The molecule has 0 aromatic heterocycles. The largest absolute Gasteiger partial charge is 0.342 e. The molecule has 1 unspecified atom stereocenters. The summed E-state index contributed by atoms with van der Waals surface area (Å²) < 4.78 is 13.6. The van der Waals surface area contributed by atoms with E-state index in [4.69, 9.17) is 11.6 Å². The molecule has 4 rings (SSSR count). The fourth-order valence-electron chi connectivity index (χ4n) is 4.37. The quantitative estimate of drug-likeness (QED) is 0.807. The fraction of sp³-hybridized carbons (Fsp3) is 0.579. The van der Waals surface area contributed by atoms with Crippen molar-refractivity contribution in [3.63, 3.8) is 0 Å². The average molecular weight is 365 g/mol. The van der Waals surface area contributed by atoms with E-state index in [9.17, 15) is 14.0 Å². The third-order valence-electron chi connectivity index (χ3n) is 6.12. The highest BCUT2D eigenvalue weighted by molar-refractivity contribution is 6.30. The highest BCUT2D eigenvalue weighted by Gasteiger charge is 2.59. The third-order valence-corrected chi connectivity index (χ3v) is 6.43. The summed E-state index contributed by atoms with van der Waals surface area (Å²) in [5.74, 6) is -0.263. The Morgan fingerprint density at radius 2 is 1.76 bits per heavy atom. The van der Waals surface area contributed by atoms with Gasteiger partial charge in [0.05, 0.1) is 5.02 Å². The summed E-state index contributed by atoms with van der Waals surface area (Å²) in [6, 6.07) is 4.18. The lowest BCUT2D eigenvalue weighted by molar-refractivity contribution is -0.132. The number of likely N-dealkylation sites (tertiary alicyclic amines) is 2. The molecule has 6 heteroatoms. The maximum absolute atomic E-state index is 13.6. The van der Waals surface area contributed by atoms with E-state index in [-0.39, 0.29) is 22.3 Å². The van der Waals surface area contributed by atoms with Crippen LogP contribution in [0.2, 0.25) is 5.02 Å². The maximum Gasteiger partial charge on any atom is 0.253 e. The van der Waals surface area contributed by atoms with E-state index in [0.29, 0.717) is 24.6 Å². The minimum atomic E-state index is -0.570. The number of carbonyl (C=O) groups is 2. The van der Waals surface area contributed by atoms with Crippen LogP contribution < -0.4 is 0 Å². The molecule has 1 aromatic carbocycles. The van der Waals surface area contributed by atoms with Crippen molar-refractivity contribution in [1.29, 1.82) is 0 Å². The summed E-state index contributed by atoms with van der Waals surface area (Å²) in [4.78, 5) is 28.9. The number of carbonyl (C=O) groups excluding carboxylic acids is 2. The van der Waals surface area contributed by atoms with Crippen molar-refractivity contribution in [3.05, 3.63) is 34.6 Å². The Balaban J connectivity index is 1.36. The summed E-state index contributed by atoms with van der Waals surface area (Å²) in [6.45, 7) is 3.07. The maximum atomic E-state index is 13.6. The van der Waals surface area contributed by atoms with E-state index in [1.165, 1.54) is 12.1 Å². The van der Waals surface area contributed by atoms with Crippen molar-refractivity contribution in [3.8, 4) is 0 Å². The number of hydrogen-bond acceptors (Lipinski definition) is 2. The van der Waals surface area contributed by atoms with Crippen molar-refractivity contribution in [2.45, 2.75) is 32.1 Å². The Labute approximate surface area is 151 Å². The second-order valence-corrected chi connectivity index (χ2v) is 7.98. The third kappa shape index (κ3) is 3.03. The van der Waals surface area contributed by atoms with Gasteiger partial charge in [0, 0.05) is 37.7 Å².